The van der Waals surface area contributed by atoms with Gasteiger partial charge >= 0.3 is 8.56 Å². The van der Waals surface area contributed by atoms with Gasteiger partial charge in [-0.2, -0.15) is 0 Å². The van der Waals surface area contributed by atoms with Gasteiger partial charge in [-0.15, -0.1) is 6.58 Å². The fourth-order valence-corrected chi connectivity index (χ4v) is 2.31. The van der Waals surface area contributed by atoms with Crippen LogP contribution in [0.3, 0.4) is 0 Å². The first-order chi connectivity index (χ1) is 7.47. The van der Waals surface area contributed by atoms with Crippen LogP contribution in [-0.2, 0) is 18.9 Å². The smallest absolute Gasteiger partial charge is 0.248 e. The monoisotopic (exact) mass is 262 g/mol. The molecule has 0 aliphatic rings. The topological polar surface area (TPSA) is 36.9 Å². The summed E-state index contributed by atoms with van der Waals surface area (Å²) >= 11 is 0. The van der Waals surface area contributed by atoms with E-state index < -0.39 is 8.56 Å². The van der Waals surface area contributed by atoms with Gasteiger partial charge in [0.15, 0.2) is 0 Å². The molecule has 0 spiro atoms. The molecule has 102 valence electrons. The van der Waals surface area contributed by atoms with E-state index in [-0.39, 0.29) is 11.2 Å². The summed E-state index contributed by atoms with van der Waals surface area (Å²) in [7, 11) is -2.53. The maximum atomic E-state index is 5.45. The predicted molar refractivity (Wildman–Crippen MR) is 70.5 cm³/mol. The highest BCUT2D eigenvalue weighted by atomic mass is 28.4. The van der Waals surface area contributed by atoms with Crippen LogP contribution < -0.4 is 0 Å². The molecule has 0 atom stereocenters. The summed E-state index contributed by atoms with van der Waals surface area (Å²) in [6, 6.07) is 0.596. The van der Waals surface area contributed by atoms with E-state index in [0.717, 1.165) is 0 Å². The molecular weight excluding hydrogens is 236 g/mol. The second-order valence-corrected chi connectivity index (χ2v) is 9.19. The van der Waals surface area contributed by atoms with Crippen LogP contribution in [0.4, 0.5) is 0 Å². The van der Waals surface area contributed by atoms with Gasteiger partial charge in [-0.3, -0.25) is 0 Å². The van der Waals surface area contributed by atoms with Crippen molar-refractivity contribution in [3.8, 4) is 0 Å². The van der Waals surface area contributed by atoms with Crippen molar-refractivity contribution in [2.75, 3.05) is 0 Å². The van der Waals surface area contributed by atoms with Crippen molar-refractivity contribution in [1.82, 2.24) is 0 Å². The molecule has 0 heterocycles. The summed E-state index contributed by atoms with van der Waals surface area (Å²) in [5.41, 5.74) is -0.749. The molecule has 0 aromatic rings. The normalized spacial score (nSPS) is 13.8. The van der Waals surface area contributed by atoms with Gasteiger partial charge < -0.3 is 0 Å². The molecule has 0 N–H and O–H groups in total. The first-order valence-electron chi connectivity index (χ1n) is 5.82. The Morgan fingerprint density at radius 2 is 1.29 bits per heavy atom. The molecule has 0 radical (unpaired) electrons. The molecule has 0 rings (SSSR count). The summed E-state index contributed by atoms with van der Waals surface area (Å²) in [6.07, 6.45) is 1.75. The van der Waals surface area contributed by atoms with Crippen LogP contribution in [0.1, 0.15) is 41.5 Å². The van der Waals surface area contributed by atoms with E-state index in [1.165, 1.54) is 0 Å². The Morgan fingerprint density at radius 1 is 0.941 bits per heavy atom. The third kappa shape index (κ3) is 9.49. The minimum Gasteiger partial charge on any atom is -0.248 e. The summed E-state index contributed by atoms with van der Waals surface area (Å²) in [6.45, 7) is 17.1. The van der Waals surface area contributed by atoms with Crippen LogP contribution in [0.2, 0.25) is 12.6 Å². The van der Waals surface area contributed by atoms with Crippen LogP contribution >= 0.6 is 0 Å². The molecule has 0 bridgehead atoms. The van der Waals surface area contributed by atoms with Gasteiger partial charge in [-0.05, 0) is 48.1 Å². The third-order valence-corrected chi connectivity index (χ3v) is 3.35. The van der Waals surface area contributed by atoms with E-state index in [4.69, 9.17) is 18.9 Å². The third-order valence-electron chi connectivity index (χ3n) is 1.45. The fourth-order valence-electron chi connectivity index (χ4n) is 0.770. The highest BCUT2D eigenvalue weighted by Gasteiger charge is 2.37. The standard InChI is InChI=1S/C12H26O4Si/c1-9-10-17(8,15-13-11(2,3)4)16-14-12(5,6)7/h9H,1,10H2,2-8H3. The SMILES string of the molecule is C=CC[Si](C)(OOC(C)(C)C)OOC(C)(C)C. The lowest BCUT2D eigenvalue weighted by Crippen LogP contribution is -2.42. The maximum Gasteiger partial charge on any atom is 0.410 e. The first-order valence-corrected chi connectivity index (χ1v) is 8.34. The summed E-state index contributed by atoms with van der Waals surface area (Å²) < 4.78 is 10.9. The van der Waals surface area contributed by atoms with Crippen molar-refractivity contribution in [1.29, 1.82) is 0 Å². The lowest BCUT2D eigenvalue weighted by atomic mass is 10.2. The Bertz CT molecular complexity index is 222. The van der Waals surface area contributed by atoms with Gasteiger partial charge in [0, 0.05) is 6.04 Å². The van der Waals surface area contributed by atoms with E-state index in [1.54, 1.807) is 6.08 Å². The number of hydrogen-bond acceptors (Lipinski definition) is 4. The van der Waals surface area contributed by atoms with E-state index in [9.17, 15) is 0 Å². The molecule has 0 amide bonds. The maximum absolute atomic E-state index is 5.45. The van der Waals surface area contributed by atoms with Gasteiger partial charge in [-0.25, -0.2) is 18.9 Å². The van der Waals surface area contributed by atoms with Gasteiger partial charge in [0.25, 0.3) is 0 Å². The summed E-state index contributed by atoms with van der Waals surface area (Å²) in [4.78, 5) is 10.6. The van der Waals surface area contributed by atoms with E-state index in [2.05, 4.69) is 6.58 Å². The minimum absolute atomic E-state index is 0.374. The van der Waals surface area contributed by atoms with Crippen molar-refractivity contribution >= 4 is 8.56 Å². The Labute approximate surface area is 106 Å². The zero-order valence-electron chi connectivity index (χ0n) is 12.1. The average Bonchev–Trinajstić information content (AvgIpc) is 2.11. The molecule has 17 heavy (non-hydrogen) atoms. The quantitative estimate of drug-likeness (QED) is 0.316. The van der Waals surface area contributed by atoms with E-state index in [1.807, 2.05) is 48.1 Å². The minimum atomic E-state index is -2.53. The molecule has 4 nitrogen and oxygen atoms in total. The van der Waals surface area contributed by atoms with Crippen LogP contribution in [0.5, 0.6) is 0 Å². The predicted octanol–water partition coefficient (Wildman–Crippen LogP) is 3.74. The molecule has 0 aliphatic heterocycles. The van der Waals surface area contributed by atoms with E-state index >= 15 is 0 Å². The molecule has 0 unspecified atom stereocenters. The average molecular weight is 262 g/mol. The summed E-state index contributed by atoms with van der Waals surface area (Å²) in [5.74, 6) is 0. The van der Waals surface area contributed by atoms with Gasteiger partial charge in [0.1, 0.15) is 0 Å². The molecule has 0 saturated carbocycles. The van der Waals surface area contributed by atoms with E-state index in [0.29, 0.717) is 6.04 Å². The molecule has 0 aromatic heterocycles. The molecule has 0 saturated heterocycles. The van der Waals surface area contributed by atoms with Crippen molar-refractivity contribution in [3.63, 3.8) is 0 Å². The second-order valence-electron chi connectivity index (χ2n) is 6.18. The lowest BCUT2D eigenvalue weighted by molar-refractivity contribution is -0.347. The zero-order chi connectivity index (χ0) is 13.7. The zero-order valence-corrected chi connectivity index (χ0v) is 13.1. The van der Waals surface area contributed by atoms with Crippen LogP contribution in [0, 0.1) is 0 Å². The van der Waals surface area contributed by atoms with Gasteiger partial charge in [0.2, 0.25) is 0 Å². The highest BCUT2D eigenvalue weighted by molar-refractivity contribution is 6.66. The largest absolute Gasteiger partial charge is 0.410 e. The second kappa shape index (κ2) is 6.11. The Hall–Kier alpha value is -0.203. The molecular formula is C12H26O4Si. The van der Waals surface area contributed by atoms with Crippen molar-refractivity contribution in [2.24, 2.45) is 0 Å². The number of hydrogen-bond donors (Lipinski definition) is 0. The highest BCUT2D eigenvalue weighted by Crippen LogP contribution is 2.21. The Kier molecular flexibility index (Phi) is 6.03. The molecule has 0 aromatic carbocycles. The van der Waals surface area contributed by atoms with Crippen LogP contribution in [-0.4, -0.2) is 19.8 Å². The lowest BCUT2D eigenvalue weighted by Gasteiger charge is -2.30. The first kappa shape index (κ1) is 16.8. The summed E-state index contributed by atoms with van der Waals surface area (Å²) in [5, 5.41) is 0. The van der Waals surface area contributed by atoms with Crippen molar-refractivity contribution < 1.29 is 18.9 Å². The molecule has 0 fully saturated rings. The van der Waals surface area contributed by atoms with Gasteiger partial charge in [0.05, 0.1) is 11.2 Å². The van der Waals surface area contributed by atoms with Crippen molar-refractivity contribution in [3.05, 3.63) is 12.7 Å². The van der Waals surface area contributed by atoms with Crippen LogP contribution in [0.15, 0.2) is 12.7 Å². The van der Waals surface area contributed by atoms with Crippen molar-refractivity contribution in [2.45, 2.75) is 65.3 Å². The fraction of sp³-hybridized carbons (Fsp3) is 0.833. The number of allylic oxidation sites excluding steroid dienone is 1. The van der Waals surface area contributed by atoms with Crippen LogP contribution in [0.25, 0.3) is 0 Å². The Balaban J connectivity index is 4.40. The molecule has 5 heteroatoms. The number of rotatable bonds is 6. The Morgan fingerprint density at radius 3 is 1.53 bits per heavy atom. The molecule has 0 aliphatic carbocycles. The van der Waals surface area contributed by atoms with Gasteiger partial charge in [-0.1, -0.05) is 6.08 Å².